The SMILES string of the molecule is CC[C@@]1(O)C(=O)OC(=CNC(=O)OC(C)(C)C)c2c1cc1n(c2=O)Cc2cc3c(Br)c(C)c(F)cc3nc2-1. The van der Waals surface area contributed by atoms with Crippen LogP contribution in [0.25, 0.3) is 28.0 Å². The molecule has 0 bridgehead atoms. The molecular formula is C27H25BrFN3O6. The lowest BCUT2D eigenvalue weighted by Gasteiger charge is -2.32. The highest BCUT2D eigenvalue weighted by Crippen LogP contribution is 2.42. The Hall–Kier alpha value is -3.57. The molecule has 0 aliphatic carbocycles. The quantitative estimate of drug-likeness (QED) is 0.329. The first-order valence-corrected chi connectivity index (χ1v) is 12.8. The van der Waals surface area contributed by atoms with Gasteiger partial charge < -0.3 is 19.1 Å². The number of esters is 1. The lowest BCUT2D eigenvalue weighted by Crippen LogP contribution is -2.44. The molecule has 0 spiro atoms. The number of benzene rings is 1. The van der Waals surface area contributed by atoms with Crippen LogP contribution in [0.3, 0.4) is 0 Å². The maximum absolute atomic E-state index is 14.4. The highest BCUT2D eigenvalue weighted by Gasteiger charge is 2.47. The predicted molar refractivity (Wildman–Crippen MR) is 141 cm³/mol. The zero-order valence-corrected chi connectivity index (χ0v) is 22.9. The number of nitrogens with zero attached hydrogens (tertiary/aromatic N) is 2. The van der Waals surface area contributed by atoms with Crippen molar-refractivity contribution in [2.45, 2.75) is 58.8 Å². The number of aliphatic hydroxyl groups is 1. The first-order valence-electron chi connectivity index (χ1n) is 12.0. The monoisotopic (exact) mass is 585 g/mol. The molecule has 0 unspecified atom stereocenters. The molecule has 11 heteroatoms. The van der Waals surface area contributed by atoms with E-state index in [2.05, 4.69) is 26.2 Å². The molecule has 5 rings (SSSR count). The first kappa shape index (κ1) is 26.1. The minimum absolute atomic E-state index is 0.0377. The van der Waals surface area contributed by atoms with Crippen LogP contribution in [0.4, 0.5) is 9.18 Å². The zero-order valence-electron chi connectivity index (χ0n) is 21.4. The Bertz CT molecular complexity index is 1660. The van der Waals surface area contributed by atoms with Crippen LogP contribution in [0, 0.1) is 12.7 Å². The summed E-state index contributed by atoms with van der Waals surface area (Å²) in [5, 5.41) is 14.4. The van der Waals surface area contributed by atoms with E-state index in [0.717, 1.165) is 6.20 Å². The number of pyridine rings is 2. The van der Waals surface area contributed by atoms with Gasteiger partial charge in [0, 0.05) is 27.1 Å². The summed E-state index contributed by atoms with van der Waals surface area (Å²) in [7, 11) is 0. The number of hydrogen-bond acceptors (Lipinski definition) is 7. The molecule has 3 aromatic rings. The maximum Gasteiger partial charge on any atom is 0.411 e. The molecule has 2 N–H and O–H groups in total. The standard InChI is InChI=1S/C27H25BrFN3O6/c1-6-27(36)15-8-18-22-13(7-14-17(31-22)9-16(29)12(2)21(14)28)11-32(18)23(33)20(15)19(37-24(27)34)10-30-25(35)38-26(3,4)5/h7-10,36H,6,11H2,1-5H3,(H,30,35)/t27-/m0/s1. The molecule has 2 aliphatic rings. The molecule has 0 saturated carbocycles. The average molecular weight is 586 g/mol. The lowest BCUT2D eigenvalue weighted by molar-refractivity contribution is -0.161. The minimum Gasteiger partial charge on any atom is -0.444 e. The number of ether oxygens (including phenoxy) is 2. The van der Waals surface area contributed by atoms with Gasteiger partial charge in [-0.3, -0.25) is 10.1 Å². The lowest BCUT2D eigenvalue weighted by atomic mass is 9.85. The van der Waals surface area contributed by atoms with E-state index < -0.39 is 34.6 Å². The van der Waals surface area contributed by atoms with E-state index in [-0.39, 0.29) is 29.9 Å². The van der Waals surface area contributed by atoms with Gasteiger partial charge in [0.2, 0.25) is 0 Å². The number of carbonyl (C=O) groups excluding carboxylic acids is 2. The zero-order chi connectivity index (χ0) is 27.7. The van der Waals surface area contributed by atoms with Crippen molar-refractivity contribution in [1.29, 1.82) is 0 Å². The Morgan fingerprint density at radius 2 is 2.05 bits per heavy atom. The van der Waals surface area contributed by atoms with E-state index in [1.54, 1.807) is 34.6 Å². The van der Waals surface area contributed by atoms with E-state index in [0.29, 0.717) is 37.9 Å². The van der Waals surface area contributed by atoms with Gasteiger partial charge in [0.05, 0.1) is 35.2 Å². The number of cyclic esters (lactones) is 1. The molecule has 1 atom stereocenters. The summed E-state index contributed by atoms with van der Waals surface area (Å²) in [4.78, 5) is 43.6. The highest BCUT2D eigenvalue weighted by atomic mass is 79.9. The van der Waals surface area contributed by atoms with Crippen molar-refractivity contribution in [3.63, 3.8) is 0 Å². The van der Waals surface area contributed by atoms with Crippen LogP contribution in [0.15, 0.2) is 33.7 Å². The molecular weight excluding hydrogens is 561 g/mol. The number of alkyl carbamates (subject to hydrolysis) is 1. The minimum atomic E-state index is -2.10. The van der Waals surface area contributed by atoms with Crippen LogP contribution >= 0.6 is 15.9 Å². The van der Waals surface area contributed by atoms with Gasteiger partial charge >= 0.3 is 12.1 Å². The third kappa shape index (κ3) is 4.01. The van der Waals surface area contributed by atoms with E-state index in [1.807, 2.05) is 6.07 Å². The second-order valence-electron chi connectivity index (χ2n) is 10.3. The normalized spacial score (nSPS) is 19.2. The molecule has 0 saturated heterocycles. The van der Waals surface area contributed by atoms with Crippen LogP contribution in [0.1, 0.15) is 56.4 Å². The Morgan fingerprint density at radius 1 is 1.34 bits per heavy atom. The Balaban J connectivity index is 1.69. The third-order valence-corrected chi connectivity index (χ3v) is 7.68. The van der Waals surface area contributed by atoms with E-state index in [9.17, 15) is 23.9 Å². The van der Waals surface area contributed by atoms with Crippen molar-refractivity contribution in [2.75, 3.05) is 0 Å². The van der Waals surface area contributed by atoms with Crippen molar-refractivity contribution >= 4 is 44.7 Å². The average Bonchev–Trinajstić information content (AvgIpc) is 3.20. The fourth-order valence-electron chi connectivity index (χ4n) is 4.68. The molecule has 9 nitrogen and oxygen atoms in total. The summed E-state index contributed by atoms with van der Waals surface area (Å²) in [6.45, 7) is 8.48. The Kier molecular flexibility index (Phi) is 5.99. The molecule has 2 aliphatic heterocycles. The number of rotatable bonds is 2. The van der Waals surface area contributed by atoms with E-state index in [1.165, 1.54) is 16.7 Å². The number of fused-ring (bicyclic) bond motifs is 5. The Morgan fingerprint density at radius 3 is 2.71 bits per heavy atom. The Labute approximate surface area is 225 Å². The van der Waals surface area contributed by atoms with Crippen LogP contribution in [0.2, 0.25) is 0 Å². The number of halogens is 2. The molecule has 0 radical (unpaired) electrons. The van der Waals surface area contributed by atoms with Gasteiger partial charge in [0.15, 0.2) is 11.4 Å². The maximum atomic E-state index is 14.4. The van der Waals surface area contributed by atoms with Crippen LogP contribution in [-0.4, -0.2) is 32.3 Å². The van der Waals surface area contributed by atoms with E-state index >= 15 is 0 Å². The first-order chi connectivity index (χ1) is 17.7. The van der Waals surface area contributed by atoms with Crippen LogP contribution in [-0.2, 0) is 26.4 Å². The summed E-state index contributed by atoms with van der Waals surface area (Å²) in [5.74, 6) is -1.63. The molecule has 0 fully saturated rings. The molecule has 1 aromatic carbocycles. The fraction of sp³-hybridized carbons (Fsp3) is 0.333. The van der Waals surface area contributed by atoms with Crippen molar-refractivity contribution in [3.8, 4) is 11.4 Å². The predicted octanol–water partition coefficient (Wildman–Crippen LogP) is 4.61. The van der Waals surface area contributed by atoms with Gasteiger partial charge in [-0.25, -0.2) is 19.0 Å². The number of nitrogens with one attached hydrogen (secondary N) is 1. The molecule has 4 heterocycles. The topological polar surface area (TPSA) is 120 Å². The van der Waals surface area contributed by atoms with Crippen molar-refractivity contribution in [2.24, 2.45) is 0 Å². The van der Waals surface area contributed by atoms with Crippen LogP contribution < -0.4 is 10.9 Å². The van der Waals surface area contributed by atoms with Crippen molar-refractivity contribution < 1.29 is 28.6 Å². The second kappa shape index (κ2) is 8.74. The number of amides is 1. The second-order valence-corrected chi connectivity index (χ2v) is 11.1. The van der Waals surface area contributed by atoms with Gasteiger partial charge in [-0.05, 0) is 67.7 Å². The van der Waals surface area contributed by atoms with Gasteiger partial charge in [-0.1, -0.05) is 6.92 Å². The summed E-state index contributed by atoms with van der Waals surface area (Å²) < 4.78 is 27.0. The van der Waals surface area contributed by atoms with E-state index in [4.69, 9.17) is 9.47 Å². The van der Waals surface area contributed by atoms with Gasteiger partial charge in [-0.2, -0.15) is 0 Å². The van der Waals surface area contributed by atoms with Gasteiger partial charge in [0.25, 0.3) is 5.56 Å². The largest absolute Gasteiger partial charge is 0.444 e. The molecule has 38 heavy (non-hydrogen) atoms. The summed E-state index contributed by atoms with van der Waals surface area (Å²) >= 11 is 3.44. The summed E-state index contributed by atoms with van der Waals surface area (Å²) in [6.07, 6.45) is 0.201. The summed E-state index contributed by atoms with van der Waals surface area (Å²) in [6, 6.07) is 4.71. The summed E-state index contributed by atoms with van der Waals surface area (Å²) in [5.41, 5.74) is -1.06. The fourth-order valence-corrected chi connectivity index (χ4v) is 5.19. The molecule has 2 aromatic heterocycles. The molecule has 198 valence electrons. The smallest absolute Gasteiger partial charge is 0.411 e. The molecule has 1 amide bonds. The van der Waals surface area contributed by atoms with Gasteiger partial charge in [0.1, 0.15) is 11.4 Å². The van der Waals surface area contributed by atoms with Gasteiger partial charge in [-0.15, -0.1) is 0 Å². The highest BCUT2D eigenvalue weighted by molar-refractivity contribution is 9.10. The third-order valence-electron chi connectivity index (χ3n) is 6.65. The number of carbonyl (C=O) groups is 2. The van der Waals surface area contributed by atoms with Crippen molar-refractivity contribution in [3.05, 3.63) is 67.3 Å². The number of aromatic nitrogens is 2. The van der Waals surface area contributed by atoms with Crippen LogP contribution in [0.5, 0.6) is 0 Å². The van der Waals surface area contributed by atoms with Crippen molar-refractivity contribution in [1.82, 2.24) is 14.9 Å². The number of hydrogen-bond donors (Lipinski definition) is 2.